The molecule has 7 nitrogen and oxygen atoms in total. The first kappa shape index (κ1) is 21.7. The molecule has 2 aliphatic rings. The van der Waals surface area contributed by atoms with E-state index in [4.69, 9.17) is 0 Å². The number of thiazole rings is 1. The first-order valence-electron chi connectivity index (χ1n) is 11.0. The lowest BCUT2D eigenvalue weighted by Crippen LogP contribution is -2.52. The van der Waals surface area contributed by atoms with Gasteiger partial charge in [0.15, 0.2) is 5.01 Å². The average Bonchev–Trinajstić information content (AvgIpc) is 3.49. The van der Waals surface area contributed by atoms with Crippen molar-refractivity contribution in [2.75, 3.05) is 37.6 Å². The number of nitrogens with zero attached hydrogens (tertiary/aromatic N) is 5. The lowest BCUT2D eigenvalue weighted by molar-refractivity contribution is -0.117. The molecule has 2 aromatic heterocycles. The number of hydrogen-bond donors (Lipinski definition) is 0. The van der Waals surface area contributed by atoms with Gasteiger partial charge in [-0.05, 0) is 36.8 Å². The van der Waals surface area contributed by atoms with E-state index in [1.165, 1.54) is 23.5 Å². The molecule has 33 heavy (non-hydrogen) atoms. The fourth-order valence-corrected chi connectivity index (χ4v) is 5.21. The molecule has 0 saturated carbocycles. The van der Waals surface area contributed by atoms with Crippen LogP contribution in [0.25, 0.3) is 11.1 Å². The molecule has 3 aromatic rings. The Kier molecular flexibility index (Phi) is 5.90. The predicted octanol–water partition coefficient (Wildman–Crippen LogP) is 3.22. The van der Waals surface area contributed by atoms with Gasteiger partial charge in [-0.25, -0.2) is 9.37 Å². The van der Waals surface area contributed by atoms with Crippen molar-refractivity contribution in [2.24, 2.45) is 0 Å². The Morgan fingerprint density at radius 3 is 2.67 bits per heavy atom. The van der Waals surface area contributed by atoms with Crippen LogP contribution in [0.1, 0.15) is 21.9 Å². The molecular formula is C24H24FN5O2S. The minimum atomic E-state index is -0.378. The van der Waals surface area contributed by atoms with Crippen molar-refractivity contribution in [3.63, 3.8) is 0 Å². The zero-order valence-corrected chi connectivity index (χ0v) is 19.1. The third kappa shape index (κ3) is 4.38. The summed E-state index contributed by atoms with van der Waals surface area (Å²) in [4.78, 5) is 39.6. The second-order valence-corrected chi connectivity index (χ2v) is 9.26. The van der Waals surface area contributed by atoms with Crippen molar-refractivity contribution in [2.45, 2.75) is 19.4 Å². The zero-order chi connectivity index (χ0) is 22.9. The molecule has 1 atom stereocenters. The van der Waals surface area contributed by atoms with Gasteiger partial charge in [-0.15, -0.1) is 11.3 Å². The molecule has 9 heteroatoms. The summed E-state index contributed by atoms with van der Waals surface area (Å²) >= 11 is 1.35. The van der Waals surface area contributed by atoms with Crippen LogP contribution in [-0.4, -0.2) is 70.3 Å². The van der Waals surface area contributed by atoms with Crippen LogP contribution in [0.3, 0.4) is 0 Å². The predicted molar refractivity (Wildman–Crippen MR) is 125 cm³/mol. The van der Waals surface area contributed by atoms with Gasteiger partial charge in [0.25, 0.3) is 5.91 Å². The Labute approximate surface area is 195 Å². The van der Waals surface area contributed by atoms with Gasteiger partial charge in [0.2, 0.25) is 5.91 Å². The van der Waals surface area contributed by atoms with Crippen molar-refractivity contribution in [1.29, 1.82) is 0 Å². The van der Waals surface area contributed by atoms with Crippen LogP contribution in [-0.2, 0) is 4.79 Å². The monoisotopic (exact) mass is 465 g/mol. The van der Waals surface area contributed by atoms with Gasteiger partial charge >= 0.3 is 0 Å². The maximum atomic E-state index is 14.5. The van der Waals surface area contributed by atoms with E-state index in [1.807, 2.05) is 30.0 Å². The highest BCUT2D eigenvalue weighted by Gasteiger charge is 2.36. The lowest BCUT2D eigenvalue weighted by Gasteiger charge is -2.37. The van der Waals surface area contributed by atoms with Gasteiger partial charge in [0.1, 0.15) is 5.82 Å². The number of amides is 2. The molecule has 170 valence electrons. The third-order valence-corrected chi connectivity index (χ3v) is 7.11. The van der Waals surface area contributed by atoms with E-state index in [9.17, 15) is 14.0 Å². The summed E-state index contributed by atoms with van der Waals surface area (Å²) in [5.74, 6) is -0.427. The van der Waals surface area contributed by atoms with E-state index in [2.05, 4.69) is 14.9 Å². The number of hydrogen-bond acceptors (Lipinski definition) is 6. The third-order valence-electron chi connectivity index (χ3n) is 6.35. The summed E-state index contributed by atoms with van der Waals surface area (Å²) in [6.07, 6.45) is 3.73. The van der Waals surface area contributed by atoms with Gasteiger partial charge in [-0.1, -0.05) is 6.07 Å². The minimum absolute atomic E-state index is 0.0132. The minimum Gasteiger partial charge on any atom is -0.334 e. The molecule has 1 aromatic carbocycles. The van der Waals surface area contributed by atoms with Crippen LogP contribution in [0.5, 0.6) is 0 Å². The number of rotatable bonds is 4. The van der Waals surface area contributed by atoms with Crippen LogP contribution in [0.15, 0.2) is 48.1 Å². The normalized spacial score (nSPS) is 19.3. The standard InChI is InChI=1S/C24H24FN5O2S/c1-16-21(3-2-4-26-16)17-11-18(25)13-19(12-17)30-15-20(14-22(30)31)28-6-8-29(9-7-28)24(32)23-27-5-10-33-23/h2-5,10-13,20H,6-9,14-15H2,1H3/t20-/m1/s1. The number of piperazine rings is 1. The fourth-order valence-electron chi connectivity index (χ4n) is 4.61. The van der Waals surface area contributed by atoms with Crippen LogP contribution in [0, 0.1) is 12.7 Å². The van der Waals surface area contributed by atoms with Crippen molar-refractivity contribution < 1.29 is 14.0 Å². The molecule has 2 amide bonds. The number of pyridine rings is 1. The fraction of sp³-hybridized carbons (Fsp3) is 0.333. The molecule has 5 rings (SSSR count). The Morgan fingerprint density at radius 1 is 1.12 bits per heavy atom. The van der Waals surface area contributed by atoms with Gasteiger partial charge in [0, 0.05) is 79.9 Å². The molecule has 0 aliphatic carbocycles. The maximum absolute atomic E-state index is 14.5. The van der Waals surface area contributed by atoms with Crippen LogP contribution in [0.4, 0.5) is 10.1 Å². The van der Waals surface area contributed by atoms with Gasteiger partial charge < -0.3 is 9.80 Å². The highest BCUT2D eigenvalue weighted by Crippen LogP contribution is 2.31. The molecule has 0 N–H and O–H groups in total. The number of carbonyl (C=O) groups excluding carboxylic acids is 2. The summed E-state index contributed by atoms with van der Waals surface area (Å²) in [6, 6.07) is 8.52. The lowest BCUT2D eigenvalue weighted by atomic mass is 10.0. The SMILES string of the molecule is Cc1ncccc1-c1cc(F)cc(N2C[C@H](N3CCN(C(=O)c4nccs4)CC3)CC2=O)c1. The summed E-state index contributed by atoms with van der Waals surface area (Å²) in [6.45, 7) is 5.00. The Bertz CT molecular complexity index is 1180. The second-order valence-electron chi connectivity index (χ2n) is 8.36. The molecular weight excluding hydrogens is 441 g/mol. The Balaban J connectivity index is 1.28. The number of aromatic nitrogens is 2. The van der Waals surface area contributed by atoms with Crippen molar-refractivity contribution >= 4 is 28.8 Å². The van der Waals surface area contributed by atoms with Crippen molar-refractivity contribution in [3.8, 4) is 11.1 Å². The molecule has 4 heterocycles. The Morgan fingerprint density at radius 2 is 1.94 bits per heavy atom. The van der Waals surface area contributed by atoms with E-state index in [1.54, 1.807) is 22.7 Å². The molecule has 2 saturated heterocycles. The average molecular weight is 466 g/mol. The molecule has 2 fully saturated rings. The smallest absolute Gasteiger partial charge is 0.282 e. The number of anilines is 1. The first-order chi connectivity index (χ1) is 16.0. The summed E-state index contributed by atoms with van der Waals surface area (Å²) in [5, 5.41) is 2.31. The summed E-state index contributed by atoms with van der Waals surface area (Å²) in [7, 11) is 0. The van der Waals surface area contributed by atoms with Crippen LogP contribution in [0.2, 0.25) is 0 Å². The molecule has 0 spiro atoms. The maximum Gasteiger partial charge on any atom is 0.282 e. The summed E-state index contributed by atoms with van der Waals surface area (Å²) in [5.41, 5.74) is 2.94. The zero-order valence-electron chi connectivity index (χ0n) is 18.3. The molecule has 0 radical (unpaired) electrons. The van der Waals surface area contributed by atoms with Gasteiger partial charge in [-0.2, -0.15) is 0 Å². The topological polar surface area (TPSA) is 69.6 Å². The van der Waals surface area contributed by atoms with E-state index in [-0.39, 0.29) is 23.7 Å². The van der Waals surface area contributed by atoms with E-state index in [0.717, 1.165) is 11.3 Å². The Hall–Kier alpha value is -3.17. The van der Waals surface area contributed by atoms with E-state index >= 15 is 0 Å². The van der Waals surface area contributed by atoms with Crippen molar-refractivity contribution in [3.05, 3.63) is 64.6 Å². The van der Waals surface area contributed by atoms with Gasteiger partial charge in [0.05, 0.1) is 0 Å². The second kappa shape index (κ2) is 8.99. The highest BCUT2D eigenvalue weighted by molar-refractivity contribution is 7.11. The first-order valence-corrected chi connectivity index (χ1v) is 11.8. The van der Waals surface area contributed by atoms with Crippen LogP contribution < -0.4 is 4.90 Å². The number of carbonyl (C=O) groups is 2. The highest BCUT2D eigenvalue weighted by atomic mass is 32.1. The van der Waals surface area contributed by atoms with Gasteiger partial charge in [-0.3, -0.25) is 19.5 Å². The molecule has 0 bridgehead atoms. The van der Waals surface area contributed by atoms with Crippen molar-refractivity contribution in [1.82, 2.24) is 19.8 Å². The molecule has 2 aliphatic heterocycles. The quantitative estimate of drug-likeness (QED) is 0.592. The molecule has 0 unspecified atom stereocenters. The van der Waals surface area contributed by atoms with E-state index in [0.29, 0.717) is 55.4 Å². The number of halogens is 1. The largest absolute Gasteiger partial charge is 0.334 e. The number of aryl methyl sites for hydroxylation is 1. The number of benzene rings is 1. The summed E-state index contributed by atoms with van der Waals surface area (Å²) < 4.78 is 14.5. The van der Waals surface area contributed by atoms with Crippen LogP contribution >= 0.6 is 11.3 Å². The van der Waals surface area contributed by atoms with E-state index < -0.39 is 0 Å².